The van der Waals surface area contributed by atoms with Gasteiger partial charge in [-0.15, -0.1) is 0 Å². The number of hydrogen-bond acceptors (Lipinski definition) is 5. The van der Waals surface area contributed by atoms with Gasteiger partial charge in [0, 0.05) is 10.5 Å². The summed E-state index contributed by atoms with van der Waals surface area (Å²) >= 11 is 3.42. The Kier molecular flexibility index (Phi) is 3.91. The monoisotopic (exact) mass is 376 g/mol. The van der Waals surface area contributed by atoms with Crippen LogP contribution in [0.1, 0.15) is 5.56 Å². The number of rotatable bonds is 4. The lowest BCUT2D eigenvalue weighted by Gasteiger charge is -2.12. The predicted octanol–water partition coefficient (Wildman–Crippen LogP) is 4.29. The molecule has 1 heterocycles. The van der Waals surface area contributed by atoms with Crippen molar-refractivity contribution in [3.05, 3.63) is 50.5 Å². The van der Waals surface area contributed by atoms with Crippen LogP contribution in [0.5, 0.6) is 5.75 Å². The van der Waals surface area contributed by atoms with Crippen LogP contribution < -0.4 is 10.1 Å². The fraction of sp³-hybridized carbons (Fsp3) is 0.133. The Balaban J connectivity index is 2.06. The van der Waals surface area contributed by atoms with Crippen LogP contribution in [-0.2, 0) is 0 Å². The number of benzene rings is 2. The van der Waals surface area contributed by atoms with E-state index in [1.54, 1.807) is 19.2 Å². The van der Waals surface area contributed by atoms with E-state index in [0.717, 1.165) is 15.7 Å². The second-order valence-electron chi connectivity index (χ2n) is 4.94. The van der Waals surface area contributed by atoms with Crippen LogP contribution in [0, 0.1) is 17.0 Å². The molecule has 7 nitrogen and oxygen atoms in total. The number of anilines is 2. The zero-order valence-corrected chi connectivity index (χ0v) is 14.0. The Morgan fingerprint density at radius 2 is 2.17 bits per heavy atom. The SMILES string of the molecule is COc1cc(Br)cc(C)c1Nc1nc2c([N+](=O)[O-])cccc2[nH]1. The third kappa shape index (κ3) is 2.85. The second-order valence-corrected chi connectivity index (χ2v) is 5.86. The molecular formula is C15H13BrN4O3. The van der Waals surface area contributed by atoms with Gasteiger partial charge in [0.1, 0.15) is 5.75 Å². The summed E-state index contributed by atoms with van der Waals surface area (Å²) in [7, 11) is 1.58. The first-order chi connectivity index (χ1) is 11.0. The van der Waals surface area contributed by atoms with Crippen LogP contribution in [0.2, 0.25) is 0 Å². The van der Waals surface area contributed by atoms with Crippen LogP contribution in [0.25, 0.3) is 11.0 Å². The van der Waals surface area contributed by atoms with Crippen LogP contribution in [0.15, 0.2) is 34.8 Å². The highest BCUT2D eigenvalue weighted by atomic mass is 79.9. The molecule has 0 atom stereocenters. The molecule has 1 aromatic heterocycles. The fourth-order valence-corrected chi connectivity index (χ4v) is 2.93. The Hall–Kier alpha value is -2.61. The quantitative estimate of drug-likeness (QED) is 0.523. The number of nitro benzene ring substituents is 1. The number of halogens is 1. The fourth-order valence-electron chi connectivity index (χ4n) is 2.38. The highest BCUT2D eigenvalue weighted by molar-refractivity contribution is 9.10. The molecule has 0 bridgehead atoms. The Morgan fingerprint density at radius 1 is 1.39 bits per heavy atom. The summed E-state index contributed by atoms with van der Waals surface area (Å²) in [5, 5.41) is 14.2. The van der Waals surface area contributed by atoms with Crippen molar-refractivity contribution in [1.29, 1.82) is 0 Å². The Bertz CT molecular complexity index is 907. The predicted molar refractivity (Wildman–Crippen MR) is 91.5 cm³/mol. The molecule has 3 rings (SSSR count). The average molecular weight is 377 g/mol. The Morgan fingerprint density at radius 3 is 2.87 bits per heavy atom. The van der Waals surface area contributed by atoms with E-state index in [9.17, 15) is 10.1 Å². The number of hydrogen-bond donors (Lipinski definition) is 2. The first-order valence-corrected chi connectivity index (χ1v) is 7.53. The molecule has 0 fully saturated rings. The number of H-pyrrole nitrogens is 1. The molecule has 0 aliphatic carbocycles. The highest BCUT2D eigenvalue weighted by Gasteiger charge is 2.17. The number of imidazole rings is 1. The molecule has 0 saturated heterocycles. The minimum absolute atomic E-state index is 0.0358. The van der Waals surface area contributed by atoms with Crippen molar-refractivity contribution < 1.29 is 9.66 Å². The van der Waals surface area contributed by atoms with Gasteiger partial charge in [-0.3, -0.25) is 10.1 Å². The molecule has 0 unspecified atom stereocenters. The summed E-state index contributed by atoms with van der Waals surface area (Å²) in [6.45, 7) is 1.93. The van der Waals surface area contributed by atoms with Crippen molar-refractivity contribution in [2.75, 3.05) is 12.4 Å². The molecule has 118 valence electrons. The molecule has 2 aromatic carbocycles. The molecule has 2 N–H and O–H groups in total. The number of aryl methyl sites for hydroxylation is 1. The van der Waals surface area contributed by atoms with Gasteiger partial charge in [-0.2, -0.15) is 0 Å². The molecule has 8 heteroatoms. The first kappa shape index (κ1) is 15.3. The van der Waals surface area contributed by atoms with E-state index in [1.807, 2.05) is 19.1 Å². The van der Waals surface area contributed by atoms with Crippen molar-refractivity contribution in [2.45, 2.75) is 6.92 Å². The first-order valence-electron chi connectivity index (χ1n) is 6.74. The smallest absolute Gasteiger partial charge is 0.297 e. The molecular weight excluding hydrogens is 364 g/mol. The van der Waals surface area contributed by atoms with Crippen LogP contribution in [0.4, 0.5) is 17.3 Å². The summed E-state index contributed by atoms with van der Waals surface area (Å²) in [5.74, 6) is 1.06. The van der Waals surface area contributed by atoms with E-state index in [-0.39, 0.29) is 5.69 Å². The maximum atomic E-state index is 11.1. The summed E-state index contributed by atoms with van der Waals surface area (Å²) in [4.78, 5) is 18.0. The molecule has 0 amide bonds. The van der Waals surface area contributed by atoms with Crippen molar-refractivity contribution >= 4 is 44.3 Å². The lowest BCUT2D eigenvalue weighted by atomic mass is 10.2. The zero-order chi connectivity index (χ0) is 16.6. The summed E-state index contributed by atoms with van der Waals surface area (Å²) in [5.41, 5.74) is 2.57. The molecule has 0 aliphatic heterocycles. The number of aromatic amines is 1. The minimum atomic E-state index is -0.446. The lowest BCUT2D eigenvalue weighted by molar-refractivity contribution is -0.383. The standard InChI is InChI=1S/C15H13BrN4O3/c1-8-6-9(16)7-12(23-2)13(8)18-15-17-10-4-3-5-11(20(21)22)14(10)19-15/h3-7H,1-2H3,(H2,17,18,19). The van der Waals surface area contributed by atoms with Gasteiger partial charge in [-0.05, 0) is 30.7 Å². The minimum Gasteiger partial charge on any atom is -0.495 e. The van der Waals surface area contributed by atoms with Crippen LogP contribution in [-0.4, -0.2) is 22.0 Å². The maximum Gasteiger partial charge on any atom is 0.297 e. The summed E-state index contributed by atoms with van der Waals surface area (Å²) in [6.07, 6.45) is 0. The van der Waals surface area contributed by atoms with E-state index in [4.69, 9.17) is 4.74 Å². The van der Waals surface area contributed by atoms with E-state index >= 15 is 0 Å². The van der Waals surface area contributed by atoms with Gasteiger partial charge in [0.25, 0.3) is 5.69 Å². The lowest BCUT2D eigenvalue weighted by Crippen LogP contribution is -1.98. The second kappa shape index (κ2) is 5.88. The van der Waals surface area contributed by atoms with Gasteiger partial charge in [-0.1, -0.05) is 22.0 Å². The summed E-state index contributed by atoms with van der Waals surface area (Å²) in [6, 6.07) is 8.56. The largest absolute Gasteiger partial charge is 0.495 e. The molecule has 0 spiro atoms. The van der Waals surface area contributed by atoms with Crippen LogP contribution >= 0.6 is 15.9 Å². The number of fused-ring (bicyclic) bond motifs is 1. The zero-order valence-electron chi connectivity index (χ0n) is 12.4. The van der Waals surface area contributed by atoms with E-state index in [0.29, 0.717) is 22.7 Å². The average Bonchev–Trinajstić information content (AvgIpc) is 2.91. The number of non-ortho nitro benzene ring substituents is 1. The number of aromatic nitrogens is 2. The van der Waals surface area contributed by atoms with Gasteiger partial charge in [0.15, 0.2) is 5.52 Å². The Labute approximate surface area is 140 Å². The maximum absolute atomic E-state index is 11.1. The topological polar surface area (TPSA) is 93.1 Å². The van der Waals surface area contributed by atoms with E-state index < -0.39 is 4.92 Å². The van der Waals surface area contributed by atoms with Crippen molar-refractivity contribution in [1.82, 2.24) is 9.97 Å². The van der Waals surface area contributed by atoms with E-state index in [1.165, 1.54) is 6.07 Å². The van der Waals surface area contributed by atoms with Crippen LogP contribution in [0.3, 0.4) is 0 Å². The molecule has 0 aliphatic rings. The molecule has 0 saturated carbocycles. The van der Waals surface area contributed by atoms with Gasteiger partial charge < -0.3 is 15.0 Å². The number of ether oxygens (including phenoxy) is 1. The van der Waals surface area contributed by atoms with Gasteiger partial charge in [0.2, 0.25) is 5.95 Å². The normalized spacial score (nSPS) is 10.7. The van der Waals surface area contributed by atoms with Crippen molar-refractivity contribution in [2.24, 2.45) is 0 Å². The van der Waals surface area contributed by atoms with Crippen molar-refractivity contribution in [3.63, 3.8) is 0 Å². The van der Waals surface area contributed by atoms with Gasteiger partial charge in [0.05, 0.1) is 23.2 Å². The van der Waals surface area contributed by atoms with Crippen molar-refractivity contribution in [3.8, 4) is 5.75 Å². The highest BCUT2D eigenvalue weighted by Crippen LogP contribution is 2.34. The van der Waals surface area contributed by atoms with E-state index in [2.05, 4.69) is 31.2 Å². The van der Waals surface area contributed by atoms with Gasteiger partial charge >= 0.3 is 0 Å². The molecule has 23 heavy (non-hydrogen) atoms. The third-order valence-corrected chi connectivity index (χ3v) is 3.87. The molecule has 0 radical (unpaired) electrons. The molecule has 3 aromatic rings. The number of methoxy groups -OCH3 is 1. The number of nitrogens with one attached hydrogen (secondary N) is 2. The number of para-hydroxylation sites is 1. The number of nitrogens with zero attached hydrogens (tertiary/aromatic N) is 2. The number of nitro groups is 1. The van der Waals surface area contributed by atoms with Gasteiger partial charge in [-0.25, -0.2) is 4.98 Å². The summed E-state index contributed by atoms with van der Waals surface area (Å²) < 4.78 is 6.27. The third-order valence-electron chi connectivity index (χ3n) is 3.42.